The Balaban J connectivity index is 1.95. The molecule has 3 rings (SSSR count). The number of hydrogen-bond acceptors (Lipinski definition) is 4. The molecule has 0 saturated carbocycles. The number of aromatic nitrogens is 1. The fourth-order valence-corrected chi connectivity index (χ4v) is 2.97. The molecule has 2 aromatic rings. The maximum absolute atomic E-state index is 13.3. The molecule has 1 saturated heterocycles. The molecular weight excluding hydrogens is 363 g/mol. The second kappa shape index (κ2) is 7.53. The van der Waals surface area contributed by atoms with Crippen LogP contribution in [0.2, 0.25) is 0 Å². The Hall–Kier alpha value is -2.65. The number of amides is 1. The molecule has 1 aromatic heterocycles. The van der Waals surface area contributed by atoms with E-state index >= 15 is 0 Å². The van der Waals surface area contributed by atoms with E-state index in [4.69, 9.17) is 10.5 Å². The number of pyridine rings is 1. The topological polar surface area (TPSA) is 88.4 Å². The third-order valence-corrected chi connectivity index (χ3v) is 4.36. The maximum atomic E-state index is 13.3. The molecule has 1 fully saturated rings. The van der Waals surface area contributed by atoms with Crippen molar-refractivity contribution in [2.24, 2.45) is 5.73 Å². The predicted molar refractivity (Wildman–Crippen MR) is 92.1 cm³/mol. The lowest BCUT2D eigenvalue weighted by atomic mass is 10.00. The molecule has 1 aliphatic heterocycles. The number of benzene rings is 1. The summed E-state index contributed by atoms with van der Waals surface area (Å²) in [6, 6.07) is 7.40. The summed E-state index contributed by atoms with van der Waals surface area (Å²) in [5, 5.41) is 0. The van der Waals surface area contributed by atoms with Gasteiger partial charge < -0.3 is 15.5 Å². The average Bonchev–Trinajstić information content (AvgIpc) is 2.62. The predicted octanol–water partition coefficient (Wildman–Crippen LogP) is 1.99. The summed E-state index contributed by atoms with van der Waals surface area (Å²) in [4.78, 5) is 27.0. The minimum atomic E-state index is -4.78. The number of H-pyrrole nitrogens is 1. The van der Waals surface area contributed by atoms with Crippen LogP contribution in [0, 0.1) is 0 Å². The SMILES string of the molecule is NC(=O)c1cc(-c2ccc(CN3CCOCC3)cc2)c(C(F)(F)F)[nH]c1=O. The number of hydrogen-bond donors (Lipinski definition) is 2. The average molecular weight is 381 g/mol. The Labute approximate surface area is 152 Å². The molecule has 1 aromatic carbocycles. The van der Waals surface area contributed by atoms with Gasteiger partial charge in [-0.1, -0.05) is 24.3 Å². The quantitative estimate of drug-likeness (QED) is 0.848. The number of nitrogens with zero attached hydrogens (tertiary/aromatic N) is 1. The first-order valence-corrected chi connectivity index (χ1v) is 8.29. The van der Waals surface area contributed by atoms with Crippen molar-refractivity contribution in [2.45, 2.75) is 12.7 Å². The zero-order valence-corrected chi connectivity index (χ0v) is 14.3. The molecule has 1 amide bonds. The van der Waals surface area contributed by atoms with E-state index in [1.165, 1.54) is 12.1 Å². The Morgan fingerprint density at radius 1 is 1.19 bits per heavy atom. The van der Waals surface area contributed by atoms with Gasteiger partial charge in [0, 0.05) is 25.2 Å². The van der Waals surface area contributed by atoms with Crippen molar-refractivity contribution in [3.05, 3.63) is 57.5 Å². The number of nitrogens with one attached hydrogen (secondary N) is 1. The molecule has 1 aliphatic rings. The van der Waals surface area contributed by atoms with E-state index in [1.54, 1.807) is 17.1 Å². The van der Waals surface area contributed by atoms with Crippen molar-refractivity contribution in [2.75, 3.05) is 26.3 Å². The van der Waals surface area contributed by atoms with Gasteiger partial charge in [-0.15, -0.1) is 0 Å². The lowest BCUT2D eigenvalue weighted by molar-refractivity contribution is -0.140. The summed E-state index contributed by atoms with van der Waals surface area (Å²) in [5.41, 5.74) is 3.07. The van der Waals surface area contributed by atoms with Gasteiger partial charge in [0.05, 0.1) is 13.2 Å². The Kier molecular flexibility index (Phi) is 5.33. The standard InChI is InChI=1S/C18H18F3N3O3/c19-18(20,21)15-13(9-14(16(22)25)17(26)23-15)12-3-1-11(2-4-12)10-24-5-7-27-8-6-24/h1-4,9H,5-8,10H2,(H2,22,25)(H,23,26). The van der Waals surface area contributed by atoms with Gasteiger partial charge in [0.15, 0.2) is 0 Å². The van der Waals surface area contributed by atoms with Crippen LogP contribution in [-0.4, -0.2) is 42.1 Å². The number of nitrogens with two attached hydrogens (primary N) is 1. The smallest absolute Gasteiger partial charge is 0.379 e. The summed E-state index contributed by atoms with van der Waals surface area (Å²) in [6.07, 6.45) is -4.78. The molecule has 0 radical (unpaired) electrons. The van der Waals surface area contributed by atoms with Crippen molar-refractivity contribution < 1.29 is 22.7 Å². The van der Waals surface area contributed by atoms with Crippen LogP contribution in [0.4, 0.5) is 13.2 Å². The summed E-state index contributed by atoms with van der Waals surface area (Å²) >= 11 is 0. The lowest BCUT2D eigenvalue weighted by Crippen LogP contribution is -2.35. The summed E-state index contributed by atoms with van der Waals surface area (Å²) in [5.74, 6) is -1.09. The van der Waals surface area contributed by atoms with Crippen LogP contribution in [0.15, 0.2) is 35.1 Å². The first-order chi connectivity index (χ1) is 12.8. The zero-order chi connectivity index (χ0) is 19.6. The van der Waals surface area contributed by atoms with Gasteiger partial charge in [0.25, 0.3) is 11.5 Å². The molecule has 144 valence electrons. The number of halogens is 3. The fraction of sp³-hybridized carbons (Fsp3) is 0.333. The first-order valence-electron chi connectivity index (χ1n) is 8.29. The van der Waals surface area contributed by atoms with Crippen molar-refractivity contribution >= 4 is 5.91 Å². The van der Waals surface area contributed by atoms with E-state index in [-0.39, 0.29) is 11.1 Å². The Morgan fingerprint density at radius 3 is 2.37 bits per heavy atom. The summed E-state index contributed by atoms with van der Waals surface area (Å²) in [7, 11) is 0. The van der Waals surface area contributed by atoms with Crippen LogP contribution in [0.3, 0.4) is 0 Å². The number of alkyl halides is 3. The number of carbonyl (C=O) groups excluding carboxylic acids is 1. The van der Waals surface area contributed by atoms with Crippen molar-refractivity contribution in [1.82, 2.24) is 9.88 Å². The monoisotopic (exact) mass is 381 g/mol. The van der Waals surface area contributed by atoms with Gasteiger partial charge in [-0.3, -0.25) is 14.5 Å². The number of carbonyl (C=O) groups is 1. The highest BCUT2D eigenvalue weighted by Crippen LogP contribution is 2.35. The van der Waals surface area contributed by atoms with Crippen LogP contribution >= 0.6 is 0 Å². The fourth-order valence-electron chi connectivity index (χ4n) is 2.97. The molecule has 9 heteroatoms. The highest BCUT2D eigenvalue weighted by molar-refractivity contribution is 5.93. The summed E-state index contributed by atoms with van der Waals surface area (Å²) < 4.78 is 45.3. The molecule has 3 N–H and O–H groups in total. The van der Waals surface area contributed by atoms with Gasteiger partial charge >= 0.3 is 6.18 Å². The van der Waals surface area contributed by atoms with E-state index in [9.17, 15) is 22.8 Å². The van der Waals surface area contributed by atoms with Gasteiger partial charge in [-0.05, 0) is 17.2 Å². The molecule has 0 atom stereocenters. The van der Waals surface area contributed by atoms with Crippen molar-refractivity contribution in [3.63, 3.8) is 0 Å². The number of primary amides is 1. The van der Waals surface area contributed by atoms with Crippen LogP contribution in [0.25, 0.3) is 11.1 Å². The second-order valence-corrected chi connectivity index (χ2v) is 6.25. The number of ether oxygens (including phenoxy) is 1. The molecule has 0 unspecified atom stereocenters. The molecule has 6 nitrogen and oxygen atoms in total. The highest BCUT2D eigenvalue weighted by Gasteiger charge is 2.36. The van der Waals surface area contributed by atoms with Gasteiger partial charge in [0.2, 0.25) is 0 Å². The largest absolute Gasteiger partial charge is 0.431 e. The number of rotatable bonds is 4. The zero-order valence-electron chi connectivity index (χ0n) is 14.3. The summed E-state index contributed by atoms with van der Waals surface area (Å²) in [6.45, 7) is 3.55. The second-order valence-electron chi connectivity index (χ2n) is 6.25. The minimum absolute atomic E-state index is 0.229. The van der Waals surface area contributed by atoms with E-state index < -0.39 is 28.9 Å². The molecule has 27 heavy (non-hydrogen) atoms. The maximum Gasteiger partial charge on any atom is 0.431 e. The molecule has 0 spiro atoms. The Morgan fingerprint density at radius 2 is 1.81 bits per heavy atom. The van der Waals surface area contributed by atoms with Crippen LogP contribution in [0.1, 0.15) is 21.6 Å². The molecule has 2 heterocycles. The highest BCUT2D eigenvalue weighted by atomic mass is 19.4. The van der Waals surface area contributed by atoms with Gasteiger partial charge in [0.1, 0.15) is 11.3 Å². The van der Waals surface area contributed by atoms with E-state index in [2.05, 4.69) is 4.90 Å². The van der Waals surface area contributed by atoms with E-state index in [1.807, 2.05) is 0 Å². The minimum Gasteiger partial charge on any atom is -0.379 e. The number of aromatic amines is 1. The van der Waals surface area contributed by atoms with Crippen LogP contribution < -0.4 is 11.3 Å². The van der Waals surface area contributed by atoms with Gasteiger partial charge in [-0.2, -0.15) is 13.2 Å². The first kappa shape index (κ1) is 19.1. The third-order valence-electron chi connectivity index (χ3n) is 4.36. The van der Waals surface area contributed by atoms with Crippen LogP contribution in [0.5, 0.6) is 0 Å². The third kappa shape index (κ3) is 4.37. The van der Waals surface area contributed by atoms with Crippen molar-refractivity contribution in [1.29, 1.82) is 0 Å². The molecule has 0 aliphatic carbocycles. The molecular formula is C18H18F3N3O3. The van der Waals surface area contributed by atoms with Crippen LogP contribution in [-0.2, 0) is 17.5 Å². The van der Waals surface area contributed by atoms with Crippen molar-refractivity contribution in [3.8, 4) is 11.1 Å². The van der Waals surface area contributed by atoms with Gasteiger partial charge in [-0.25, -0.2) is 0 Å². The van der Waals surface area contributed by atoms with E-state index in [0.29, 0.717) is 19.8 Å². The Bertz CT molecular complexity index is 885. The number of morpholine rings is 1. The van der Waals surface area contributed by atoms with E-state index in [0.717, 1.165) is 24.7 Å². The normalized spacial score (nSPS) is 15.7. The molecule has 0 bridgehead atoms. The lowest BCUT2D eigenvalue weighted by Gasteiger charge is -2.26.